The molecule has 1 saturated heterocycles. The summed E-state index contributed by atoms with van der Waals surface area (Å²) in [6, 6.07) is 8.13. The molecule has 1 atom stereocenters. The molecule has 1 heterocycles. The van der Waals surface area contributed by atoms with Crippen molar-refractivity contribution in [2.24, 2.45) is 5.92 Å². The van der Waals surface area contributed by atoms with Gasteiger partial charge in [0.05, 0.1) is 0 Å². The number of carbonyl (C=O) groups is 3. The molecule has 1 aliphatic rings. The Morgan fingerprint density at radius 1 is 1.30 bits per heavy atom. The Hall–Kier alpha value is -2.37. The SMILES string of the molecule is CC(C)[C@@H]1C(=O)OC(=O)N1C(=O)OCc1ccccc1. The number of nitrogens with zero attached hydrogens (tertiary/aromatic N) is 1. The van der Waals surface area contributed by atoms with E-state index in [0.717, 1.165) is 10.5 Å². The van der Waals surface area contributed by atoms with E-state index in [1.165, 1.54) is 0 Å². The van der Waals surface area contributed by atoms with Crippen molar-refractivity contribution in [2.45, 2.75) is 26.5 Å². The van der Waals surface area contributed by atoms with E-state index in [4.69, 9.17) is 4.74 Å². The molecule has 0 aliphatic carbocycles. The van der Waals surface area contributed by atoms with E-state index in [1.54, 1.807) is 26.0 Å². The van der Waals surface area contributed by atoms with Crippen LogP contribution in [0.1, 0.15) is 19.4 Å². The molecule has 0 N–H and O–H groups in total. The standard InChI is InChI=1S/C14H15NO5/c1-9(2)11-12(16)20-14(18)15(11)13(17)19-8-10-6-4-3-5-7-10/h3-7,9,11H,8H2,1-2H3/t11-/m1/s1. The minimum absolute atomic E-state index is 0.0302. The quantitative estimate of drug-likeness (QED) is 0.626. The molecule has 2 rings (SSSR count). The number of imide groups is 1. The van der Waals surface area contributed by atoms with Crippen LogP contribution in [-0.4, -0.2) is 29.1 Å². The first-order valence-corrected chi connectivity index (χ1v) is 6.26. The smallest absolute Gasteiger partial charge is 0.427 e. The van der Waals surface area contributed by atoms with Gasteiger partial charge in [0.15, 0.2) is 0 Å². The van der Waals surface area contributed by atoms with Crippen LogP contribution in [0.5, 0.6) is 0 Å². The normalized spacial score (nSPS) is 18.4. The molecule has 1 fully saturated rings. The first-order valence-electron chi connectivity index (χ1n) is 6.26. The predicted molar refractivity (Wildman–Crippen MR) is 68.6 cm³/mol. The highest BCUT2D eigenvalue weighted by Crippen LogP contribution is 2.22. The lowest BCUT2D eigenvalue weighted by molar-refractivity contribution is -0.136. The van der Waals surface area contributed by atoms with Crippen molar-refractivity contribution in [2.75, 3.05) is 0 Å². The lowest BCUT2D eigenvalue weighted by Gasteiger charge is -2.20. The Kier molecular flexibility index (Phi) is 4.02. The van der Waals surface area contributed by atoms with Crippen LogP contribution in [0, 0.1) is 5.92 Å². The zero-order chi connectivity index (χ0) is 14.7. The summed E-state index contributed by atoms with van der Waals surface area (Å²) in [7, 11) is 0. The van der Waals surface area contributed by atoms with Crippen LogP contribution >= 0.6 is 0 Å². The van der Waals surface area contributed by atoms with Gasteiger partial charge in [-0.3, -0.25) is 0 Å². The zero-order valence-corrected chi connectivity index (χ0v) is 11.2. The number of rotatable bonds is 3. The molecule has 106 valence electrons. The number of benzene rings is 1. The van der Waals surface area contributed by atoms with Crippen molar-refractivity contribution in [1.29, 1.82) is 0 Å². The molecule has 6 heteroatoms. The van der Waals surface area contributed by atoms with Crippen molar-refractivity contribution in [3.8, 4) is 0 Å². The highest BCUT2D eigenvalue weighted by Gasteiger charge is 2.47. The average molecular weight is 277 g/mol. The van der Waals surface area contributed by atoms with Crippen LogP contribution < -0.4 is 0 Å². The summed E-state index contributed by atoms with van der Waals surface area (Å²) in [5, 5.41) is 0. The van der Waals surface area contributed by atoms with Gasteiger partial charge in [-0.25, -0.2) is 14.4 Å². The van der Waals surface area contributed by atoms with Crippen LogP contribution in [0.2, 0.25) is 0 Å². The van der Waals surface area contributed by atoms with E-state index >= 15 is 0 Å². The zero-order valence-electron chi connectivity index (χ0n) is 11.2. The third kappa shape index (κ3) is 2.79. The van der Waals surface area contributed by atoms with Crippen molar-refractivity contribution in [3.63, 3.8) is 0 Å². The van der Waals surface area contributed by atoms with Gasteiger partial charge in [-0.1, -0.05) is 44.2 Å². The highest BCUT2D eigenvalue weighted by atomic mass is 16.6. The number of amides is 2. The molecule has 0 saturated carbocycles. The van der Waals surface area contributed by atoms with Gasteiger partial charge in [0.25, 0.3) is 0 Å². The summed E-state index contributed by atoms with van der Waals surface area (Å²) in [4.78, 5) is 35.7. The van der Waals surface area contributed by atoms with Crippen LogP contribution in [0.3, 0.4) is 0 Å². The molecule has 1 aliphatic heterocycles. The molecule has 0 spiro atoms. The fraction of sp³-hybridized carbons (Fsp3) is 0.357. The topological polar surface area (TPSA) is 72.9 Å². The second-order valence-corrected chi connectivity index (χ2v) is 4.79. The number of hydrogen-bond acceptors (Lipinski definition) is 5. The Morgan fingerprint density at radius 3 is 2.55 bits per heavy atom. The van der Waals surface area contributed by atoms with E-state index in [-0.39, 0.29) is 12.5 Å². The number of hydrogen-bond donors (Lipinski definition) is 0. The molecule has 1 aromatic rings. The summed E-state index contributed by atoms with van der Waals surface area (Å²) in [5.41, 5.74) is 0.792. The van der Waals surface area contributed by atoms with Crippen LogP contribution in [-0.2, 0) is 20.9 Å². The van der Waals surface area contributed by atoms with E-state index in [1.807, 2.05) is 18.2 Å². The Balaban J connectivity index is 2.04. The maximum Gasteiger partial charge on any atom is 0.427 e. The summed E-state index contributed by atoms with van der Waals surface area (Å²) < 4.78 is 9.51. The van der Waals surface area contributed by atoms with Gasteiger partial charge in [-0.05, 0) is 11.5 Å². The van der Waals surface area contributed by atoms with Crippen LogP contribution in [0.25, 0.3) is 0 Å². The number of cyclic esters (lactones) is 2. The lowest BCUT2D eigenvalue weighted by atomic mass is 10.0. The molecule has 0 aromatic heterocycles. The summed E-state index contributed by atoms with van der Waals surface area (Å²) in [6.45, 7) is 3.48. The number of carbonyl (C=O) groups excluding carboxylic acids is 3. The van der Waals surface area contributed by atoms with Gasteiger partial charge < -0.3 is 9.47 Å². The van der Waals surface area contributed by atoms with Crippen molar-refractivity contribution in [3.05, 3.63) is 35.9 Å². The van der Waals surface area contributed by atoms with E-state index in [2.05, 4.69) is 4.74 Å². The molecule has 20 heavy (non-hydrogen) atoms. The van der Waals surface area contributed by atoms with Crippen LogP contribution in [0.4, 0.5) is 9.59 Å². The van der Waals surface area contributed by atoms with E-state index in [0.29, 0.717) is 0 Å². The Morgan fingerprint density at radius 2 is 1.95 bits per heavy atom. The highest BCUT2D eigenvalue weighted by molar-refractivity contribution is 6.03. The molecule has 2 amide bonds. The van der Waals surface area contributed by atoms with Crippen molar-refractivity contribution >= 4 is 18.2 Å². The molecule has 6 nitrogen and oxygen atoms in total. The van der Waals surface area contributed by atoms with Crippen LogP contribution in [0.15, 0.2) is 30.3 Å². The Bertz CT molecular complexity index is 526. The van der Waals surface area contributed by atoms with E-state index < -0.39 is 24.2 Å². The van der Waals surface area contributed by atoms with Gasteiger partial charge >= 0.3 is 18.2 Å². The molecule has 0 bridgehead atoms. The Labute approximate surface area is 116 Å². The molecular weight excluding hydrogens is 262 g/mol. The number of esters is 1. The van der Waals surface area contributed by atoms with Gasteiger partial charge in [-0.2, -0.15) is 4.90 Å². The fourth-order valence-electron chi connectivity index (χ4n) is 1.96. The van der Waals surface area contributed by atoms with Gasteiger partial charge in [-0.15, -0.1) is 0 Å². The maximum absolute atomic E-state index is 11.9. The van der Waals surface area contributed by atoms with Gasteiger partial charge in [0.2, 0.25) is 0 Å². The largest absolute Gasteiger partial charge is 0.444 e. The summed E-state index contributed by atoms with van der Waals surface area (Å²) in [5.74, 6) is -0.958. The molecule has 0 radical (unpaired) electrons. The molecule has 0 unspecified atom stereocenters. The number of ether oxygens (including phenoxy) is 2. The first-order chi connectivity index (χ1) is 9.50. The third-order valence-electron chi connectivity index (χ3n) is 2.94. The third-order valence-corrected chi connectivity index (χ3v) is 2.94. The van der Waals surface area contributed by atoms with Crippen molar-refractivity contribution < 1.29 is 23.9 Å². The average Bonchev–Trinajstić information content (AvgIpc) is 2.72. The van der Waals surface area contributed by atoms with E-state index in [9.17, 15) is 14.4 Å². The summed E-state index contributed by atoms with van der Waals surface area (Å²) >= 11 is 0. The summed E-state index contributed by atoms with van der Waals surface area (Å²) in [6.07, 6.45) is -1.85. The predicted octanol–water partition coefficient (Wildman–Crippen LogP) is 2.33. The molecular formula is C14H15NO5. The lowest BCUT2D eigenvalue weighted by Crippen LogP contribution is -2.43. The maximum atomic E-state index is 11.9. The monoisotopic (exact) mass is 277 g/mol. The first kappa shape index (κ1) is 14.0. The van der Waals surface area contributed by atoms with Gasteiger partial charge in [0.1, 0.15) is 12.6 Å². The minimum Gasteiger partial charge on any atom is -0.444 e. The second-order valence-electron chi connectivity index (χ2n) is 4.79. The second kappa shape index (κ2) is 5.73. The van der Waals surface area contributed by atoms with Crippen molar-refractivity contribution in [1.82, 2.24) is 4.90 Å². The van der Waals surface area contributed by atoms with Gasteiger partial charge in [0, 0.05) is 0 Å². The minimum atomic E-state index is -0.980. The fourth-order valence-corrected chi connectivity index (χ4v) is 1.96. The molecule has 1 aromatic carbocycles.